The molecule has 0 spiro atoms. The fraction of sp³-hybridized carbons (Fsp3) is 0.208. The summed E-state index contributed by atoms with van der Waals surface area (Å²) in [5.74, 6) is 1.56. The minimum atomic E-state index is -0.157. The van der Waals surface area contributed by atoms with E-state index in [9.17, 15) is 4.79 Å². The monoisotopic (exact) mass is 390 g/mol. The van der Waals surface area contributed by atoms with Gasteiger partial charge in [0.05, 0.1) is 19.7 Å². The van der Waals surface area contributed by atoms with Gasteiger partial charge in [0.15, 0.2) is 0 Å². The van der Waals surface area contributed by atoms with E-state index in [1.807, 2.05) is 91.9 Å². The molecule has 0 unspecified atom stereocenters. The Bertz CT molecular complexity index is 868. The second kappa shape index (κ2) is 10.8. The molecule has 5 heteroatoms. The molecule has 0 atom stereocenters. The fourth-order valence-corrected chi connectivity index (χ4v) is 2.88. The van der Waals surface area contributed by atoms with Gasteiger partial charge >= 0.3 is 6.03 Å². The molecule has 3 aromatic rings. The lowest BCUT2D eigenvalue weighted by Gasteiger charge is -2.23. The lowest BCUT2D eigenvalue weighted by molar-refractivity contribution is 0.241. The van der Waals surface area contributed by atoms with E-state index >= 15 is 0 Å². The highest BCUT2D eigenvalue weighted by Gasteiger charge is 2.15. The number of benzene rings is 3. The first-order valence-corrected chi connectivity index (χ1v) is 9.76. The Hall–Kier alpha value is -3.47. The zero-order valence-corrected chi connectivity index (χ0v) is 16.6. The number of nitrogens with one attached hydrogen (secondary N) is 1. The van der Waals surface area contributed by atoms with Gasteiger partial charge in [-0.15, -0.1) is 0 Å². The van der Waals surface area contributed by atoms with Crippen molar-refractivity contribution < 1.29 is 14.3 Å². The maximum atomic E-state index is 12.8. The first-order valence-electron chi connectivity index (χ1n) is 9.76. The molecule has 0 aliphatic rings. The second-order valence-electron chi connectivity index (χ2n) is 6.39. The molecule has 150 valence electrons. The predicted octanol–water partition coefficient (Wildman–Crippen LogP) is 4.88. The van der Waals surface area contributed by atoms with Gasteiger partial charge in [0.2, 0.25) is 0 Å². The first kappa shape index (κ1) is 20.3. The van der Waals surface area contributed by atoms with Gasteiger partial charge in [0, 0.05) is 5.69 Å². The van der Waals surface area contributed by atoms with E-state index in [4.69, 9.17) is 9.47 Å². The van der Waals surface area contributed by atoms with E-state index < -0.39 is 0 Å². The highest BCUT2D eigenvalue weighted by molar-refractivity contribution is 5.91. The van der Waals surface area contributed by atoms with Gasteiger partial charge in [0.1, 0.15) is 18.1 Å². The standard InChI is InChI=1S/C24H26N2O3/c1-2-28-22-13-15-23(16-14-22)29-18-17-25-24(27)26(21-11-7-4-8-12-21)19-20-9-5-3-6-10-20/h3-16H,2,17-19H2,1H3,(H,25,27). The molecule has 1 N–H and O–H groups in total. The average molecular weight is 390 g/mol. The normalized spacial score (nSPS) is 10.2. The van der Waals surface area contributed by atoms with E-state index in [1.165, 1.54) is 0 Å². The maximum absolute atomic E-state index is 12.8. The Morgan fingerprint density at radius 2 is 1.41 bits per heavy atom. The molecule has 0 aliphatic heterocycles. The third kappa shape index (κ3) is 6.28. The summed E-state index contributed by atoms with van der Waals surface area (Å²) in [5, 5.41) is 2.94. The maximum Gasteiger partial charge on any atom is 0.322 e. The van der Waals surface area contributed by atoms with Crippen molar-refractivity contribution in [2.45, 2.75) is 13.5 Å². The predicted molar refractivity (Wildman–Crippen MR) is 116 cm³/mol. The summed E-state index contributed by atoms with van der Waals surface area (Å²) in [6, 6.07) is 26.9. The van der Waals surface area contributed by atoms with Crippen LogP contribution in [0.5, 0.6) is 11.5 Å². The Kier molecular flexibility index (Phi) is 7.52. The highest BCUT2D eigenvalue weighted by atomic mass is 16.5. The lowest BCUT2D eigenvalue weighted by atomic mass is 10.2. The Morgan fingerprint density at radius 1 is 0.828 bits per heavy atom. The van der Waals surface area contributed by atoms with E-state index in [-0.39, 0.29) is 6.03 Å². The Labute approximate surface area is 171 Å². The molecule has 3 rings (SSSR count). The van der Waals surface area contributed by atoms with Crippen LogP contribution < -0.4 is 19.7 Å². The van der Waals surface area contributed by atoms with Crippen molar-refractivity contribution in [2.24, 2.45) is 0 Å². The summed E-state index contributed by atoms with van der Waals surface area (Å²) < 4.78 is 11.1. The molecule has 29 heavy (non-hydrogen) atoms. The number of anilines is 1. The van der Waals surface area contributed by atoms with Crippen LogP contribution >= 0.6 is 0 Å². The summed E-state index contributed by atoms with van der Waals surface area (Å²) in [6.07, 6.45) is 0. The lowest BCUT2D eigenvalue weighted by Crippen LogP contribution is -2.41. The van der Waals surface area contributed by atoms with Gasteiger partial charge in [-0.05, 0) is 48.9 Å². The van der Waals surface area contributed by atoms with Crippen LogP contribution in [0.1, 0.15) is 12.5 Å². The van der Waals surface area contributed by atoms with Crippen molar-refractivity contribution in [3.63, 3.8) is 0 Å². The summed E-state index contributed by atoms with van der Waals surface area (Å²) in [6.45, 7) is 3.87. The van der Waals surface area contributed by atoms with E-state index in [0.29, 0.717) is 26.3 Å². The van der Waals surface area contributed by atoms with Crippen molar-refractivity contribution in [1.29, 1.82) is 0 Å². The number of nitrogens with zero attached hydrogens (tertiary/aromatic N) is 1. The summed E-state index contributed by atoms with van der Waals surface area (Å²) in [5.41, 5.74) is 1.92. The molecule has 0 saturated heterocycles. The van der Waals surface area contributed by atoms with Gasteiger partial charge in [-0.3, -0.25) is 4.90 Å². The molecule has 0 aromatic heterocycles. The summed E-state index contributed by atoms with van der Waals surface area (Å²) >= 11 is 0. The fourth-order valence-electron chi connectivity index (χ4n) is 2.88. The number of para-hydroxylation sites is 1. The molecule has 5 nitrogen and oxygen atoms in total. The zero-order chi connectivity index (χ0) is 20.3. The number of carbonyl (C=O) groups is 1. The molecule has 3 aromatic carbocycles. The SMILES string of the molecule is CCOc1ccc(OCCNC(=O)N(Cc2ccccc2)c2ccccc2)cc1. The van der Waals surface area contributed by atoms with Crippen molar-refractivity contribution >= 4 is 11.7 Å². The quantitative estimate of drug-likeness (QED) is 0.530. The topological polar surface area (TPSA) is 50.8 Å². The molecular weight excluding hydrogens is 364 g/mol. The van der Waals surface area contributed by atoms with Crippen molar-refractivity contribution in [2.75, 3.05) is 24.7 Å². The van der Waals surface area contributed by atoms with Crippen LogP contribution in [-0.2, 0) is 6.54 Å². The number of urea groups is 1. The Morgan fingerprint density at radius 3 is 2.03 bits per heavy atom. The minimum absolute atomic E-state index is 0.157. The molecule has 0 bridgehead atoms. The minimum Gasteiger partial charge on any atom is -0.494 e. The average Bonchev–Trinajstić information content (AvgIpc) is 2.77. The zero-order valence-electron chi connectivity index (χ0n) is 16.6. The van der Waals surface area contributed by atoms with Crippen LogP contribution in [0.15, 0.2) is 84.9 Å². The van der Waals surface area contributed by atoms with E-state index in [2.05, 4.69) is 5.32 Å². The van der Waals surface area contributed by atoms with Crippen LogP contribution in [0.2, 0.25) is 0 Å². The largest absolute Gasteiger partial charge is 0.494 e. The van der Waals surface area contributed by atoms with Crippen molar-refractivity contribution in [3.8, 4) is 11.5 Å². The summed E-state index contributed by atoms with van der Waals surface area (Å²) in [7, 11) is 0. The third-order valence-electron chi connectivity index (χ3n) is 4.28. The number of ether oxygens (including phenoxy) is 2. The van der Waals surface area contributed by atoms with E-state index in [1.54, 1.807) is 4.90 Å². The summed E-state index contributed by atoms with van der Waals surface area (Å²) in [4.78, 5) is 14.5. The molecule has 2 amide bonds. The number of carbonyl (C=O) groups excluding carboxylic acids is 1. The van der Waals surface area contributed by atoms with E-state index in [0.717, 1.165) is 22.7 Å². The van der Waals surface area contributed by atoms with Crippen LogP contribution in [-0.4, -0.2) is 25.8 Å². The Balaban J connectivity index is 1.54. The number of hydrogen-bond acceptors (Lipinski definition) is 3. The van der Waals surface area contributed by atoms with Gasteiger partial charge < -0.3 is 14.8 Å². The first-order chi connectivity index (χ1) is 14.3. The van der Waals surface area contributed by atoms with Crippen molar-refractivity contribution in [3.05, 3.63) is 90.5 Å². The van der Waals surface area contributed by atoms with Gasteiger partial charge in [-0.2, -0.15) is 0 Å². The highest BCUT2D eigenvalue weighted by Crippen LogP contribution is 2.18. The van der Waals surface area contributed by atoms with Gasteiger partial charge in [-0.25, -0.2) is 4.79 Å². The van der Waals surface area contributed by atoms with Crippen LogP contribution in [0, 0.1) is 0 Å². The number of rotatable bonds is 9. The van der Waals surface area contributed by atoms with Crippen molar-refractivity contribution in [1.82, 2.24) is 5.32 Å². The number of hydrogen-bond donors (Lipinski definition) is 1. The molecule has 0 aliphatic carbocycles. The molecule has 0 saturated carbocycles. The van der Waals surface area contributed by atoms with Gasteiger partial charge in [-0.1, -0.05) is 48.5 Å². The second-order valence-corrected chi connectivity index (χ2v) is 6.39. The molecular formula is C24H26N2O3. The molecule has 0 fully saturated rings. The number of amides is 2. The van der Waals surface area contributed by atoms with Crippen LogP contribution in [0.25, 0.3) is 0 Å². The van der Waals surface area contributed by atoms with Crippen LogP contribution in [0.3, 0.4) is 0 Å². The smallest absolute Gasteiger partial charge is 0.322 e. The molecule has 0 radical (unpaired) electrons. The van der Waals surface area contributed by atoms with Gasteiger partial charge in [0.25, 0.3) is 0 Å². The third-order valence-corrected chi connectivity index (χ3v) is 4.28. The molecule has 0 heterocycles. The van der Waals surface area contributed by atoms with Crippen LogP contribution in [0.4, 0.5) is 10.5 Å².